The molecule has 1 radical (unpaired) electrons. The van der Waals surface area contributed by atoms with E-state index in [-0.39, 0.29) is 0 Å². The van der Waals surface area contributed by atoms with Gasteiger partial charge in [-0.05, 0) is 16.2 Å². The minimum absolute atomic E-state index is 1.04. The average Bonchev–Trinajstić information content (AvgIpc) is 1.69. The topological polar surface area (TPSA) is 0 Å². The van der Waals surface area contributed by atoms with E-state index in [4.69, 9.17) is 0 Å². The van der Waals surface area contributed by atoms with E-state index in [1.54, 1.807) is 10.8 Å². The summed E-state index contributed by atoms with van der Waals surface area (Å²) in [6.45, 7) is 3.71. The molecule has 0 rings (SSSR count). The minimum Gasteiger partial charge on any atom is -0.0997 e. The van der Waals surface area contributed by atoms with Crippen molar-refractivity contribution in [3.63, 3.8) is 0 Å². The van der Waals surface area contributed by atoms with Crippen LogP contribution in [0.15, 0.2) is 0 Å². The molecule has 0 aromatic heterocycles. The molecule has 0 spiro atoms. The van der Waals surface area contributed by atoms with Crippen LogP contribution in [0.25, 0.3) is 0 Å². The SMILES string of the molecule is [CH2]CCCSSS. The second kappa shape index (κ2) is 7.05. The molecule has 0 N–H and O–H groups in total. The Bertz CT molecular complexity index is 26.1. The Morgan fingerprint density at radius 2 is 2.29 bits per heavy atom. The van der Waals surface area contributed by atoms with Gasteiger partial charge in [0.2, 0.25) is 0 Å². The van der Waals surface area contributed by atoms with Gasteiger partial charge in [-0.15, -0.1) is 0 Å². The molecule has 0 bridgehead atoms. The van der Waals surface area contributed by atoms with Gasteiger partial charge in [-0.2, -0.15) is 0 Å². The third-order valence-electron chi connectivity index (χ3n) is 0.530. The third-order valence-corrected chi connectivity index (χ3v) is 2.86. The van der Waals surface area contributed by atoms with Gasteiger partial charge in [0.05, 0.1) is 0 Å². The summed E-state index contributed by atoms with van der Waals surface area (Å²) in [6.07, 6.45) is 2.25. The molecule has 0 aromatic rings. The van der Waals surface area contributed by atoms with Crippen molar-refractivity contribution in [2.24, 2.45) is 0 Å². The van der Waals surface area contributed by atoms with Crippen LogP contribution in [0.1, 0.15) is 12.8 Å². The lowest BCUT2D eigenvalue weighted by molar-refractivity contribution is 0.972. The first-order valence-corrected chi connectivity index (χ1v) is 5.51. The summed E-state index contributed by atoms with van der Waals surface area (Å²) in [5.41, 5.74) is 0. The van der Waals surface area contributed by atoms with E-state index in [9.17, 15) is 0 Å². The highest BCUT2D eigenvalue weighted by Crippen LogP contribution is 2.25. The number of hydrogen-bond acceptors (Lipinski definition) is 3. The van der Waals surface area contributed by atoms with Gasteiger partial charge in [-0.1, -0.05) is 35.8 Å². The normalized spacial score (nSPS) is 9.43. The summed E-state index contributed by atoms with van der Waals surface area (Å²) in [5, 5.41) is 0. The van der Waals surface area contributed by atoms with Gasteiger partial charge < -0.3 is 0 Å². The lowest BCUT2D eigenvalue weighted by Gasteiger charge is -1.89. The summed E-state index contributed by atoms with van der Waals surface area (Å²) < 4.78 is 0. The highest BCUT2D eigenvalue weighted by molar-refractivity contribution is 9.05. The molecule has 7 heavy (non-hydrogen) atoms. The fourth-order valence-corrected chi connectivity index (χ4v) is 1.84. The molecule has 0 aliphatic heterocycles. The summed E-state index contributed by atoms with van der Waals surface area (Å²) in [7, 11) is 3.30. The van der Waals surface area contributed by atoms with Crippen molar-refractivity contribution in [2.75, 3.05) is 5.75 Å². The van der Waals surface area contributed by atoms with Crippen LogP contribution in [0.2, 0.25) is 0 Å². The maximum absolute atomic E-state index is 3.95. The Kier molecular flexibility index (Phi) is 8.11. The van der Waals surface area contributed by atoms with Gasteiger partial charge >= 0.3 is 0 Å². The van der Waals surface area contributed by atoms with Crippen molar-refractivity contribution in [2.45, 2.75) is 12.8 Å². The maximum atomic E-state index is 3.95. The molecule has 0 nitrogen and oxygen atoms in total. The van der Waals surface area contributed by atoms with Crippen molar-refractivity contribution in [1.82, 2.24) is 0 Å². The van der Waals surface area contributed by atoms with Crippen LogP contribution in [0.5, 0.6) is 0 Å². The summed E-state index contributed by atoms with van der Waals surface area (Å²) in [5.74, 6) is 1.18. The molecule has 0 aliphatic carbocycles. The lowest BCUT2D eigenvalue weighted by atomic mass is 10.4. The molecule has 0 aliphatic rings. The maximum Gasteiger partial charge on any atom is 0.00450 e. The molecule has 0 amide bonds. The van der Waals surface area contributed by atoms with E-state index in [2.05, 4.69) is 18.6 Å². The van der Waals surface area contributed by atoms with Gasteiger partial charge in [0.25, 0.3) is 0 Å². The molecule has 0 saturated carbocycles. The zero-order chi connectivity index (χ0) is 5.54. The number of rotatable bonds is 4. The van der Waals surface area contributed by atoms with Gasteiger partial charge in [0.1, 0.15) is 0 Å². The largest absolute Gasteiger partial charge is 0.0997 e. The first-order valence-electron chi connectivity index (χ1n) is 2.14. The van der Waals surface area contributed by atoms with Crippen LogP contribution in [0, 0.1) is 6.92 Å². The fourth-order valence-electron chi connectivity index (χ4n) is 0.198. The Hall–Kier alpha value is 1.05. The molecular formula is C4H9S3. The zero-order valence-corrected chi connectivity index (χ0v) is 6.62. The molecule has 0 unspecified atom stereocenters. The third kappa shape index (κ3) is 7.05. The first kappa shape index (κ1) is 8.05. The monoisotopic (exact) mass is 153 g/mol. The number of unbranched alkanes of at least 4 members (excludes halogenated alkanes) is 1. The van der Waals surface area contributed by atoms with Gasteiger partial charge in [0.15, 0.2) is 0 Å². The Morgan fingerprint density at radius 1 is 1.57 bits per heavy atom. The molecule has 0 fully saturated rings. The van der Waals surface area contributed by atoms with Crippen molar-refractivity contribution < 1.29 is 0 Å². The van der Waals surface area contributed by atoms with E-state index in [0.29, 0.717) is 0 Å². The number of thiol groups is 1. The van der Waals surface area contributed by atoms with Crippen LogP contribution in [-0.2, 0) is 0 Å². The van der Waals surface area contributed by atoms with E-state index in [1.165, 1.54) is 22.0 Å². The van der Waals surface area contributed by atoms with Gasteiger partial charge in [-0.25, -0.2) is 0 Å². The standard InChI is InChI=1S/C4H9S3/c1-2-3-4-6-7-5/h5H,1-4H2. The van der Waals surface area contributed by atoms with E-state index < -0.39 is 0 Å². The van der Waals surface area contributed by atoms with E-state index in [1.807, 2.05) is 0 Å². The van der Waals surface area contributed by atoms with E-state index in [0.717, 1.165) is 6.42 Å². The summed E-state index contributed by atoms with van der Waals surface area (Å²) in [6, 6.07) is 0. The summed E-state index contributed by atoms with van der Waals surface area (Å²) >= 11 is 3.95. The van der Waals surface area contributed by atoms with Crippen molar-refractivity contribution in [1.29, 1.82) is 0 Å². The van der Waals surface area contributed by atoms with Crippen molar-refractivity contribution in [3.05, 3.63) is 6.92 Å². The second-order valence-electron chi connectivity index (χ2n) is 1.10. The smallest absolute Gasteiger partial charge is 0.00450 e. The highest BCUT2D eigenvalue weighted by atomic mass is 33.5. The fraction of sp³-hybridized carbons (Fsp3) is 0.750. The highest BCUT2D eigenvalue weighted by Gasteiger charge is 1.81. The van der Waals surface area contributed by atoms with Gasteiger partial charge in [0, 0.05) is 5.75 Å². The quantitative estimate of drug-likeness (QED) is 0.375. The van der Waals surface area contributed by atoms with Crippen LogP contribution >= 0.6 is 32.3 Å². The lowest BCUT2D eigenvalue weighted by Crippen LogP contribution is -1.70. The molecule has 0 atom stereocenters. The Labute approximate surface area is 58.0 Å². The molecule has 0 saturated heterocycles. The molecular weight excluding hydrogens is 144 g/mol. The number of hydrogen-bond donors (Lipinski definition) is 1. The summed E-state index contributed by atoms with van der Waals surface area (Å²) in [4.78, 5) is 0. The molecule has 3 heteroatoms. The van der Waals surface area contributed by atoms with Crippen LogP contribution in [0.4, 0.5) is 0 Å². The van der Waals surface area contributed by atoms with Gasteiger partial charge in [-0.3, -0.25) is 0 Å². The van der Waals surface area contributed by atoms with E-state index >= 15 is 0 Å². The second-order valence-corrected chi connectivity index (χ2v) is 4.39. The van der Waals surface area contributed by atoms with Crippen LogP contribution < -0.4 is 0 Å². The first-order chi connectivity index (χ1) is 3.41. The van der Waals surface area contributed by atoms with Crippen LogP contribution in [0.3, 0.4) is 0 Å². The Morgan fingerprint density at radius 3 is 2.71 bits per heavy atom. The Balaban J connectivity index is 2.45. The minimum atomic E-state index is 1.04. The van der Waals surface area contributed by atoms with Crippen molar-refractivity contribution >= 4 is 32.3 Å². The molecule has 0 aromatic carbocycles. The predicted molar refractivity (Wildman–Crippen MR) is 43.6 cm³/mol. The molecule has 0 heterocycles. The van der Waals surface area contributed by atoms with Crippen LogP contribution in [-0.4, -0.2) is 5.75 Å². The zero-order valence-electron chi connectivity index (χ0n) is 4.09. The molecule has 43 valence electrons. The predicted octanol–water partition coefficient (Wildman–Crippen LogP) is 2.83. The van der Waals surface area contributed by atoms with Crippen molar-refractivity contribution in [3.8, 4) is 0 Å². The average molecular weight is 153 g/mol.